The molecule has 0 saturated carbocycles. The van der Waals surface area contributed by atoms with Crippen LogP contribution in [0.2, 0.25) is 0 Å². The van der Waals surface area contributed by atoms with E-state index >= 15 is 0 Å². The van der Waals surface area contributed by atoms with E-state index in [1.165, 1.54) is 66.8 Å². The molecule has 0 N–H and O–H groups in total. The van der Waals surface area contributed by atoms with E-state index in [-0.39, 0.29) is 0 Å². The van der Waals surface area contributed by atoms with Gasteiger partial charge in [-0.05, 0) is 116 Å². The molecule has 0 bridgehead atoms. The highest BCUT2D eigenvalue weighted by atomic mass is 15.1. The van der Waals surface area contributed by atoms with E-state index in [0.29, 0.717) is 11.8 Å². The normalized spacial score (nSPS) is 15.5. The van der Waals surface area contributed by atoms with Crippen molar-refractivity contribution in [3.63, 3.8) is 0 Å². The van der Waals surface area contributed by atoms with Gasteiger partial charge in [-0.25, -0.2) is 0 Å². The van der Waals surface area contributed by atoms with Gasteiger partial charge < -0.3 is 4.90 Å². The molecule has 282 valence electrons. The van der Waals surface area contributed by atoms with E-state index in [9.17, 15) is 0 Å². The Labute approximate surface area is 348 Å². The van der Waals surface area contributed by atoms with E-state index < -0.39 is 0 Å². The number of fused-ring (bicyclic) bond motifs is 3. The van der Waals surface area contributed by atoms with Crippen LogP contribution >= 0.6 is 0 Å². The first kappa shape index (κ1) is 36.1. The monoisotopic (exact) mass is 755 g/mol. The van der Waals surface area contributed by atoms with Crippen molar-refractivity contribution in [3.8, 4) is 33.4 Å². The van der Waals surface area contributed by atoms with Crippen LogP contribution in [0.4, 0.5) is 17.1 Å². The molecule has 2 unspecified atom stereocenters. The molecule has 10 rings (SSSR count). The summed E-state index contributed by atoms with van der Waals surface area (Å²) in [6.45, 7) is 0. The smallest absolute Gasteiger partial charge is 0.0464 e. The first-order valence-corrected chi connectivity index (χ1v) is 20.8. The molecule has 0 aliphatic heterocycles. The molecule has 2 aliphatic carbocycles. The van der Waals surface area contributed by atoms with E-state index in [1.807, 2.05) is 0 Å². The minimum absolute atomic E-state index is 0.310. The summed E-state index contributed by atoms with van der Waals surface area (Å²) in [5.41, 5.74) is 18.9. The molecule has 0 heterocycles. The van der Waals surface area contributed by atoms with Gasteiger partial charge in [0.05, 0.1) is 0 Å². The van der Waals surface area contributed by atoms with Crippen LogP contribution in [0.3, 0.4) is 0 Å². The summed E-state index contributed by atoms with van der Waals surface area (Å²) in [7, 11) is 0. The lowest BCUT2D eigenvalue weighted by Crippen LogP contribution is -2.13. The summed E-state index contributed by atoms with van der Waals surface area (Å²) >= 11 is 0. The minimum Gasteiger partial charge on any atom is -0.310 e. The van der Waals surface area contributed by atoms with Crippen molar-refractivity contribution < 1.29 is 0 Å². The second-order valence-electron chi connectivity index (χ2n) is 15.6. The van der Waals surface area contributed by atoms with Gasteiger partial charge in [-0.3, -0.25) is 0 Å². The molecule has 8 aromatic carbocycles. The van der Waals surface area contributed by atoms with E-state index in [2.05, 4.69) is 242 Å². The van der Waals surface area contributed by atoms with Crippen molar-refractivity contribution in [3.05, 3.63) is 258 Å². The largest absolute Gasteiger partial charge is 0.310 e. The van der Waals surface area contributed by atoms with Gasteiger partial charge in [0.2, 0.25) is 0 Å². The van der Waals surface area contributed by atoms with Crippen molar-refractivity contribution in [2.24, 2.45) is 0 Å². The molecule has 0 aromatic heterocycles. The van der Waals surface area contributed by atoms with Crippen molar-refractivity contribution >= 4 is 29.2 Å². The molecule has 2 atom stereocenters. The maximum Gasteiger partial charge on any atom is 0.0464 e. The summed E-state index contributed by atoms with van der Waals surface area (Å²) in [6.07, 6.45) is 15.4. The van der Waals surface area contributed by atoms with Crippen LogP contribution in [0, 0.1) is 0 Å². The van der Waals surface area contributed by atoms with Gasteiger partial charge in [-0.2, -0.15) is 0 Å². The number of hydrogen-bond donors (Lipinski definition) is 0. The third-order valence-electron chi connectivity index (χ3n) is 12.0. The van der Waals surface area contributed by atoms with Gasteiger partial charge in [-0.1, -0.05) is 200 Å². The van der Waals surface area contributed by atoms with E-state index in [1.54, 1.807) is 0 Å². The first-order valence-electron chi connectivity index (χ1n) is 20.8. The molecule has 8 aromatic rings. The summed E-state index contributed by atoms with van der Waals surface area (Å²) in [5.74, 6) is 0.682. The van der Waals surface area contributed by atoms with Crippen LogP contribution in [0.25, 0.3) is 45.5 Å². The Morgan fingerprint density at radius 2 is 1.10 bits per heavy atom. The maximum absolute atomic E-state index is 2.41. The van der Waals surface area contributed by atoms with Crippen molar-refractivity contribution in [1.29, 1.82) is 0 Å². The van der Waals surface area contributed by atoms with Crippen LogP contribution < -0.4 is 4.90 Å². The Morgan fingerprint density at radius 1 is 0.441 bits per heavy atom. The predicted octanol–water partition coefficient (Wildman–Crippen LogP) is 15.6. The lowest BCUT2D eigenvalue weighted by Gasteiger charge is -2.30. The summed E-state index contributed by atoms with van der Waals surface area (Å²) < 4.78 is 0. The fourth-order valence-electron chi connectivity index (χ4n) is 8.96. The molecule has 0 radical (unpaired) electrons. The van der Waals surface area contributed by atoms with Gasteiger partial charge in [0, 0.05) is 28.9 Å². The highest BCUT2D eigenvalue weighted by molar-refractivity contribution is 5.83. The second-order valence-corrected chi connectivity index (χ2v) is 15.6. The average Bonchev–Trinajstić information content (AvgIpc) is 3.32. The van der Waals surface area contributed by atoms with Gasteiger partial charge >= 0.3 is 0 Å². The number of anilines is 3. The number of allylic oxidation sites excluding steroid dienone is 4. The van der Waals surface area contributed by atoms with Crippen LogP contribution in [0.5, 0.6) is 0 Å². The zero-order chi connectivity index (χ0) is 39.4. The third-order valence-corrected chi connectivity index (χ3v) is 12.0. The van der Waals surface area contributed by atoms with Crippen molar-refractivity contribution in [2.45, 2.75) is 24.7 Å². The zero-order valence-corrected chi connectivity index (χ0v) is 33.0. The maximum atomic E-state index is 2.41. The Kier molecular flexibility index (Phi) is 10.0. The highest BCUT2D eigenvalue weighted by Gasteiger charge is 2.26. The summed E-state index contributed by atoms with van der Waals surface area (Å²) in [5, 5.41) is 0. The van der Waals surface area contributed by atoms with Crippen molar-refractivity contribution in [2.75, 3.05) is 4.90 Å². The number of rotatable bonds is 9. The Balaban J connectivity index is 0.944. The molecule has 2 aliphatic rings. The molecular formula is C58H45N. The molecule has 1 nitrogen and oxygen atoms in total. The van der Waals surface area contributed by atoms with Crippen molar-refractivity contribution in [1.82, 2.24) is 0 Å². The summed E-state index contributed by atoms with van der Waals surface area (Å²) in [6, 6.07) is 73.3. The predicted molar refractivity (Wildman–Crippen MR) is 250 cm³/mol. The number of hydrogen-bond acceptors (Lipinski definition) is 1. The molecule has 0 saturated heterocycles. The van der Waals surface area contributed by atoms with E-state index in [4.69, 9.17) is 0 Å². The minimum atomic E-state index is 0.310. The van der Waals surface area contributed by atoms with Gasteiger partial charge in [0.25, 0.3) is 0 Å². The van der Waals surface area contributed by atoms with Crippen LogP contribution in [-0.2, 0) is 6.42 Å². The Hall–Kier alpha value is -7.22. The quantitative estimate of drug-likeness (QED) is 0.133. The lowest BCUT2D eigenvalue weighted by molar-refractivity contribution is 0.794. The highest BCUT2D eigenvalue weighted by Crippen LogP contribution is 2.44. The SMILES string of the molecule is C1=CCC(c2cccc(N(c3ccc(-c4ccc(/C=C/c5ccccc5-c5ccccc5)cc4)cc3)c3ccc(C4Cc5ccccc5-c5ccccc54)cc3)c2)C=C1. The average molecular weight is 756 g/mol. The number of nitrogens with zero attached hydrogens (tertiary/aromatic N) is 1. The summed E-state index contributed by atoms with van der Waals surface area (Å²) in [4.78, 5) is 2.41. The molecule has 0 spiro atoms. The first-order chi connectivity index (χ1) is 29.2. The van der Waals surface area contributed by atoms with Crippen LogP contribution in [0.15, 0.2) is 224 Å². The molecule has 59 heavy (non-hydrogen) atoms. The molecule has 0 fully saturated rings. The fraction of sp³-hybridized carbons (Fsp3) is 0.0690. The third kappa shape index (κ3) is 7.52. The van der Waals surface area contributed by atoms with Gasteiger partial charge in [-0.15, -0.1) is 0 Å². The topological polar surface area (TPSA) is 3.24 Å². The van der Waals surface area contributed by atoms with Gasteiger partial charge in [0.1, 0.15) is 0 Å². The standard InChI is InChI=1S/C58H45N/c1-3-14-43(15-4-1)49-20-13-21-53(40-49)59(52-38-34-48(35-39-52)58-41-50-19-8-10-23-55(50)56-24-11-12-25-57(56)58)51-36-32-45(33-37-51)44-29-26-42(27-30-44)28-31-47-18-7-9-22-54(47)46-16-5-2-6-17-46/h1-14,16-40,43,58H,15,41H2/b31-28+. The van der Waals surface area contributed by atoms with E-state index in [0.717, 1.165) is 29.9 Å². The van der Waals surface area contributed by atoms with Crippen LogP contribution in [0.1, 0.15) is 51.6 Å². The zero-order valence-electron chi connectivity index (χ0n) is 33.0. The van der Waals surface area contributed by atoms with Gasteiger partial charge in [0.15, 0.2) is 0 Å². The lowest BCUT2D eigenvalue weighted by atomic mass is 9.76. The molecule has 0 amide bonds. The molecule has 1 heteroatoms. The second kappa shape index (κ2) is 16.3. The number of benzene rings is 8. The Morgan fingerprint density at radius 3 is 1.86 bits per heavy atom. The Bertz CT molecular complexity index is 2810. The fourth-order valence-corrected chi connectivity index (χ4v) is 8.96. The molecular weight excluding hydrogens is 711 g/mol. The van der Waals surface area contributed by atoms with Crippen LogP contribution in [-0.4, -0.2) is 0 Å².